The molecule has 0 aromatic heterocycles. The van der Waals surface area contributed by atoms with Crippen LogP contribution in [0.5, 0.6) is 0 Å². The van der Waals surface area contributed by atoms with Gasteiger partial charge in [0.1, 0.15) is 6.61 Å². The molecule has 3 saturated carbocycles. The van der Waals surface area contributed by atoms with Crippen LogP contribution in [0.2, 0.25) is 0 Å². The molecule has 0 radical (unpaired) electrons. The van der Waals surface area contributed by atoms with E-state index in [1.807, 2.05) is 0 Å². The standard InChI is InChI=1S/C18H29NO5/c20-16(11-3-1-2-4-11)6-5-12-9-13-14(18(12)23)10-15(13)19-24-8-7-17(21)22/h11-14,16,18,20,23H,1-10H2,(H,21,22). The van der Waals surface area contributed by atoms with Crippen LogP contribution in [0.3, 0.4) is 0 Å². The molecule has 0 aromatic carbocycles. The Hall–Kier alpha value is -1.14. The summed E-state index contributed by atoms with van der Waals surface area (Å²) in [4.78, 5) is 15.5. The molecule has 0 heterocycles. The molecule has 5 unspecified atom stereocenters. The third-order valence-electron chi connectivity index (χ3n) is 6.23. The van der Waals surface area contributed by atoms with Crippen LogP contribution in [0.25, 0.3) is 0 Å². The van der Waals surface area contributed by atoms with E-state index >= 15 is 0 Å². The normalized spacial score (nSPS) is 35.7. The van der Waals surface area contributed by atoms with Crippen molar-refractivity contribution >= 4 is 11.7 Å². The Labute approximate surface area is 142 Å². The number of aliphatic hydroxyl groups is 2. The highest BCUT2D eigenvalue weighted by Crippen LogP contribution is 2.49. The van der Waals surface area contributed by atoms with Crippen LogP contribution in [0.1, 0.15) is 57.8 Å². The fraction of sp³-hybridized carbons (Fsp3) is 0.889. The summed E-state index contributed by atoms with van der Waals surface area (Å²) in [6.07, 6.45) is 7.51. The first-order valence-corrected chi connectivity index (χ1v) is 9.33. The predicted octanol–water partition coefficient (Wildman–Crippen LogP) is 2.18. The second kappa shape index (κ2) is 7.83. The lowest BCUT2D eigenvalue weighted by Crippen LogP contribution is -2.38. The van der Waals surface area contributed by atoms with Crippen molar-refractivity contribution in [2.75, 3.05) is 6.61 Å². The van der Waals surface area contributed by atoms with Gasteiger partial charge in [-0.15, -0.1) is 0 Å². The second-order valence-corrected chi connectivity index (χ2v) is 7.71. The van der Waals surface area contributed by atoms with Gasteiger partial charge in [-0.2, -0.15) is 0 Å². The number of carboxylic acids is 1. The number of fused-ring (bicyclic) bond motifs is 1. The number of hydrogen-bond donors (Lipinski definition) is 3. The molecular formula is C18H29NO5. The van der Waals surface area contributed by atoms with Gasteiger partial charge >= 0.3 is 5.97 Å². The summed E-state index contributed by atoms with van der Waals surface area (Å²) in [7, 11) is 0. The zero-order chi connectivity index (χ0) is 17.1. The molecule has 24 heavy (non-hydrogen) atoms. The van der Waals surface area contributed by atoms with Gasteiger partial charge in [-0.05, 0) is 56.3 Å². The molecule has 6 heteroatoms. The van der Waals surface area contributed by atoms with Crippen LogP contribution in [-0.4, -0.2) is 45.8 Å². The number of oxime groups is 1. The molecule has 3 rings (SSSR count). The molecule has 0 aliphatic heterocycles. The minimum Gasteiger partial charge on any atom is -0.481 e. The van der Waals surface area contributed by atoms with E-state index < -0.39 is 5.97 Å². The highest BCUT2D eigenvalue weighted by Gasteiger charge is 2.51. The van der Waals surface area contributed by atoms with Crippen molar-refractivity contribution in [3.8, 4) is 0 Å². The number of carboxylic acid groups (broad SMARTS) is 1. The molecule has 3 aliphatic rings. The van der Waals surface area contributed by atoms with Gasteiger partial charge in [-0.1, -0.05) is 18.0 Å². The zero-order valence-corrected chi connectivity index (χ0v) is 14.1. The summed E-state index contributed by atoms with van der Waals surface area (Å²) < 4.78 is 0. The molecule has 3 aliphatic carbocycles. The highest BCUT2D eigenvalue weighted by molar-refractivity contribution is 5.93. The van der Waals surface area contributed by atoms with Crippen LogP contribution in [0.4, 0.5) is 0 Å². The Kier molecular flexibility index (Phi) is 5.76. The Morgan fingerprint density at radius 1 is 1.33 bits per heavy atom. The maximum Gasteiger partial charge on any atom is 0.306 e. The summed E-state index contributed by atoms with van der Waals surface area (Å²) in [5.41, 5.74) is 0.961. The summed E-state index contributed by atoms with van der Waals surface area (Å²) >= 11 is 0. The first-order valence-electron chi connectivity index (χ1n) is 9.33. The lowest BCUT2D eigenvalue weighted by Gasteiger charge is -2.33. The van der Waals surface area contributed by atoms with Crippen molar-refractivity contribution in [3.63, 3.8) is 0 Å². The molecule has 0 aromatic rings. The van der Waals surface area contributed by atoms with Crippen LogP contribution in [0, 0.1) is 23.7 Å². The van der Waals surface area contributed by atoms with Crippen molar-refractivity contribution in [1.82, 2.24) is 0 Å². The van der Waals surface area contributed by atoms with Crippen molar-refractivity contribution in [1.29, 1.82) is 0 Å². The third-order valence-corrected chi connectivity index (χ3v) is 6.23. The van der Waals surface area contributed by atoms with Crippen LogP contribution < -0.4 is 0 Å². The van der Waals surface area contributed by atoms with Gasteiger partial charge in [0.05, 0.1) is 24.3 Å². The molecule has 3 N–H and O–H groups in total. The molecule has 5 atom stereocenters. The van der Waals surface area contributed by atoms with Gasteiger partial charge in [0.2, 0.25) is 0 Å². The van der Waals surface area contributed by atoms with E-state index in [0.717, 1.165) is 44.2 Å². The van der Waals surface area contributed by atoms with E-state index in [9.17, 15) is 15.0 Å². The number of aliphatic hydroxyl groups excluding tert-OH is 2. The third kappa shape index (κ3) is 3.91. The van der Waals surface area contributed by atoms with E-state index in [-0.39, 0.29) is 43.0 Å². The average molecular weight is 339 g/mol. The first kappa shape index (κ1) is 17.7. The Balaban J connectivity index is 1.41. The van der Waals surface area contributed by atoms with E-state index in [1.54, 1.807) is 0 Å². The second-order valence-electron chi connectivity index (χ2n) is 7.71. The van der Waals surface area contributed by atoms with Crippen molar-refractivity contribution < 1.29 is 25.0 Å². The number of hydrogen-bond acceptors (Lipinski definition) is 5. The summed E-state index contributed by atoms with van der Waals surface area (Å²) in [5, 5.41) is 33.4. The fourth-order valence-corrected chi connectivity index (χ4v) is 4.72. The summed E-state index contributed by atoms with van der Waals surface area (Å²) in [5.74, 6) is 0.348. The van der Waals surface area contributed by atoms with Crippen molar-refractivity contribution in [2.24, 2.45) is 28.8 Å². The summed E-state index contributed by atoms with van der Waals surface area (Å²) in [6.45, 7) is 0.0930. The summed E-state index contributed by atoms with van der Waals surface area (Å²) in [6, 6.07) is 0. The van der Waals surface area contributed by atoms with Crippen molar-refractivity contribution in [2.45, 2.75) is 70.0 Å². The number of rotatable bonds is 8. The Morgan fingerprint density at radius 3 is 2.79 bits per heavy atom. The average Bonchev–Trinajstić information content (AvgIpc) is 3.13. The minimum absolute atomic E-state index is 0.0464. The maximum atomic E-state index is 10.5. The lowest BCUT2D eigenvalue weighted by molar-refractivity contribution is -0.138. The topological polar surface area (TPSA) is 99.4 Å². The molecule has 3 fully saturated rings. The highest BCUT2D eigenvalue weighted by atomic mass is 16.6. The molecule has 136 valence electrons. The molecule has 0 bridgehead atoms. The van der Waals surface area contributed by atoms with Gasteiger partial charge in [0, 0.05) is 5.92 Å². The fourth-order valence-electron chi connectivity index (χ4n) is 4.72. The zero-order valence-electron chi connectivity index (χ0n) is 14.1. The molecule has 0 saturated heterocycles. The Morgan fingerprint density at radius 2 is 2.08 bits per heavy atom. The van der Waals surface area contributed by atoms with Gasteiger partial charge in [-0.3, -0.25) is 4.79 Å². The van der Waals surface area contributed by atoms with Gasteiger partial charge < -0.3 is 20.2 Å². The van der Waals surface area contributed by atoms with Crippen LogP contribution in [-0.2, 0) is 9.63 Å². The quantitative estimate of drug-likeness (QED) is 0.465. The van der Waals surface area contributed by atoms with Crippen LogP contribution >= 0.6 is 0 Å². The number of aliphatic carboxylic acids is 1. The largest absolute Gasteiger partial charge is 0.481 e. The first-order chi connectivity index (χ1) is 11.6. The Bertz CT molecular complexity index is 474. The minimum atomic E-state index is -0.890. The van der Waals surface area contributed by atoms with E-state index in [4.69, 9.17) is 9.94 Å². The van der Waals surface area contributed by atoms with Gasteiger partial charge in [0.15, 0.2) is 0 Å². The van der Waals surface area contributed by atoms with E-state index in [2.05, 4.69) is 5.16 Å². The maximum absolute atomic E-state index is 10.5. The smallest absolute Gasteiger partial charge is 0.306 e. The SMILES string of the molecule is O=C(O)CCON=C1CC2C1CC(CCC(O)C1CCCC1)C2O. The van der Waals surface area contributed by atoms with Gasteiger partial charge in [-0.25, -0.2) is 0 Å². The number of carbonyl (C=O) groups is 1. The van der Waals surface area contributed by atoms with E-state index in [0.29, 0.717) is 5.92 Å². The molecular weight excluding hydrogens is 310 g/mol. The van der Waals surface area contributed by atoms with E-state index in [1.165, 1.54) is 12.8 Å². The molecule has 0 spiro atoms. The molecule has 6 nitrogen and oxygen atoms in total. The monoisotopic (exact) mass is 339 g/mol. The lowest BCUT2D eigenvalue weighted by atomic mass is 9.73. The van der Waals surface area contributed by atoms with Gasteiger partial charge in [0.25, 0.3) is 0 Å². The predicted molar refractivity (Wildman–Crippen MR) is 88.5 cm³/mol. The molecule has 0 amide bonds. The number of nitrogens with zero attached hydrogens (tertiary/aromatic N) is 1. The van der Waals surface area contributed by atoms with Crippen LogP contribution in [0.15, 0.2) is 5.16 Å². The van der Waals surface area contributed by atoms with Crippen molar-refractivity contribution in [3.05, 3.63) is 0 Å².